The minimum atomic E-state index is -0.280. The van der Waals surface area contributed by atoms with Gasteiger partial charge in [0, 0.05) is 11.8 Å². The van der Waals surface area contributed by atoms with Crippen LogP contribution in [0.3, 0.4) is 0 Å². The van der Waals surface area contributed by atoms with E-state index in [9.17, 15) is 4.79 Å². The summed E-state index contributed by atoms with van der Waals surface area (Å²) in [6.45, 7) is 6.43. The highest BCUT2D eigenvalue weighted by Crippen LogP contribution is 2.20. The van der Waals surface area contributed by atoms with Crippen LogP contribution in [0.2, 0.25) is 0 Å². The number of hydrogen-bond acceptors (Lipinski definition) is 3. The molecule has 0 unspecified atom stereocenters. The van der Waals surface area contributed by atoms with E-state index in [0.717, 1.165) is 35.2 Å². The lowest BCUT2D eigenvalue weighted by Gasteiger charge is -2.07. The largest absolute Gasteiger partial charge is 0.463 e. The standard InChI is InChI=1S/C15H21NO2/c1-4-5-8-18-15(17)10-12(3)14-7-6-13(16)9-11(14)2/h6-7,9-10H,4-5,8,16H2,1-3H3/b12-10+. The van der Waals surface area contributed by atoms with E-state index in [4.69, 9.17) is 10.5 Å². The van der Waals surface area contributed by atoms with Crippen LogP contribution < -0.4 is 5.73 Å². The van der Waals surface area contributed by atoms with E-state index in [1.807, 2.05) is 32.0 Å². The molecule has 2 N–H and O–H groups in total. The van der Waals surface area contributed by atoms with Gasteiger partial charge in [0.1, 0.15) is 0 Å². The van der Waals surface area contributed by atoms with E-state index in [1.54, 1.807) is 0 Å². The molecule has 0 fully saturated rings. The van der Waals surface area contributed by atoms with Crippen LogP contribution in [0.5, 0.6) is 0 Å². The van der Waals surface area contributed by atoms with Gasteiger partial charge in [0.15, 0.2) is 0 Å². The maximum absolute atomic E-state index is 11.6. The molecule has 0 aliphatic heterocycles. The van der Waals surface area contributed by atoms with Crippen molar-refractivity contribution in [1.29, 1.82) is 0 Å². The summed E-state index contributed by atoms with van der Waals surface area (Å²) in [4.78, 5) is 11.6. The zero-order chi connectivity index (χ0) is 13.5. The molecule has 0 amide bonds. The predicted octanol–water partition coefficient (Wildman–Crippen LogP) is 3.32. The molecule has 18 heavy (non-hydrogen) atoms. The molecule has 0 aromatic heterocycles. The highest BCUT2D eigenvalue weighted by Gasteiger charge is 2.04. The van der Waals surface area contributed by atoms with Crippen LogP contribution in [0.4, 0.5) is 5.69 Å². The Balaban J connectivity index is 2.73. The van der Waals surface area contributed by atoms with E-state index in [2.05, 4.69) is 6.92 Å². The minimum Gasteiger partial charge on any atom is -0.463 e. The molecule has 0 saturated heterocycles. The summed E-state index contributed by atoms with van der Waals surface area (Å²) in [6, 6.07) is 5.66. The fourth-order valence-corrected chi connectivity index (χ4v) is 1.74. The Morgan fingerprint density at radius 2 is 2.17 bits per heavy atom. The van der Waals surface area contributed by atoms with E-state index in [-0.39, 0.29) is 5.97 Å². The fraction of sp³-hybridized carbons (Fsp3) is 0.400. The first-order chi connectivity index (χ1) is 8.54. The summed E-state index contributed by atoms with van der Waals surface area (Å²) in [6.07, 6.45) is 3.46. The smallest absolute Gasteiger partial charge is 0.331 e. The van der Waals surface area contributed by atoms with E-state index < -0.39 is 0 Å². The van der Waals surface area contributed by atoms with Crippen LogP contribution >= 0.6 is 0 Å². The minimum absolute atomic E-state index is 0.280. The number of esters is 1. The number of carbonyl (C=O) groups excluding carboxylic acids is 1. The average Bonchev–Trinajstić information content (AvgIpc) is 2.28. The lowest BCUT2D eigenvalue weighted by atomic mass is 10.0. The van der Waals surface area contributed by atoms with Gasteiger partial charge in [-0.3, -0.25) is 0 Å². The molecule has 0 bridgehead atoms. The predicted molar refractivity (Wildman–Crippen MR) is 75.1 cm³/mol. The monoisotopic (exact) mass is 247 g/mol. The first-order valence-electron chi connectivity index (χ1n) is 6.26. The van der Waals surface area contributed by atoms with Crippen molar-refractivity contribution in [2.45, 2.75) is 33.6 Å². The number of unbranched alkanes of at least 4 members (excludes halogenated alkanes) is 1. The number of ether oxygens (including phenoxy) is 1. The highest BCUT2D eigenvalue weighted by atomic mass is 16.5. The second-order valence-corrected chi connectivity index (χ2v) is 4.42. The number of hydrogen-bond donors (Lipinski definition) is 1. The normalized spacial score (nSPS) is 11.4. The zero-order valence-electron chi connectivity index (χ0n) is 11.3. The highest BCUT2D eigenvalue weighted by molar-refractivity contribution is 5.91. The number of aryl methyl sites for hydroxylation is 1. The number of nitrogens with two attached hydrogens (primary N) is 1. The van der Waals surface area contributed by atoms with Crippen molar-refractivity contribution in [3.63, 3.8) is 0 Å². The van der Waals surface area contributed by atoms with Gasteiger partial charge in [-0.1, -0.05) is 19.4 Å². The van der Waals surface area contributed by atoms with E-state index in [1.165, 1.54) is 6.08 Å². The second kappa shape index (κ2) is 6.84. The van der Waals surface area contributed by atoms with Crippen molar-refractivity contribution in [2.75, 3.05) is 12.3 Å². The van der Waals surface area contributed by atoms with Gasteiger partial charge in [-0.15, -0.1) is 0 Å². The summed E-state index contributed by atoms with van der Waals surface area (Å²) in [5, 5.41) is 0. The summed E-state index contributed by atoms with van der Waals surface area (Å²) in [5.41, 5.74) is 9.41. The maximum atomic E-state index is 11.6. The Hall–Kier alpha value is -1.77. The molecule has 0 saturated carbocycles. The Kier molecular flexibility index (Phi) is 5.43. The fourth-order valence-electron chi connectivity index (χ4n) is 1.74. The van der Waals surface area contributed by atoms with Crippen LogP contribution in [0.1, 0.15) is 37.8 Å². The van der Waals surface area contributed by atoms with Gasteiger partial charge < -0.3 is 10.5 Å². The van der Waals surface area contributed by atoms with E-state index in [0.29, 0.717) is 6.61 Å². The van der Waals surface area contributed by atoms with E-state index >= 15 is 0 Å². The van der Waals surface area contributed by atoms with Crippen LogP contribution in [-0.4, -0.2) is 12.6 Å². The van der Waals surface area contributed by atoms with Crippen molar-refractivity contribution in [3.8, 4) is 0 Å². The average molecular weight is 247 g/mol. The number of rotatable bonds is 5. The Bertz CT molecular complexity index is 450. The topological polar surface area (TPSA) is 52.3 Å². The number of benzene rings is 1. The summed E-state index contributed by atoms with van der Waals surface area (Å²) >= 11 is 0. The van der Waals surface area contributed by atoms with Gasteiger partial charge in [0.2, 0.25) is 0 Å². The molecular weight excluding hydrogens is 226 g/mol. The van der Waals surface area contributed by atoms with Crippen molar-refractivity contribution in [2.24, 2.45) is 0 Å². The lowest BCUT2D eigenvalue weighted by molar-refractivity contribution is -0.137. The van der Waals surface area contributed by atoms with Crippen molar-refractivity contribution in [3.05, 3.63) is 35.4 Å². The molecule has 1 aromatic rings. The maximum Gasteiger partial charge on any atom is 0.331 e. The molecule has 0 spiro atoms. The summed E-state index contributed by atoms with van der Waals surface area (Å²) in [7, 11) is 0. The first kappa shape index (κ1) is 14.3. The van der Waals surface area contributed by atoms with Gasteiger partial charge >= 0.3 is 5.97 Å². The van der Waals surface area contributed by atoms with Gasteiger partial charge in [0.05, 0.1) is 6.61 Å². The Morgan fingerprint density at radius 1 is 1.44 bits per heavy atom. The first-order valence-corrected chi connectivity index (χ1v) is 6.26. The molecule has 98 valence electrons. The second-order valence-electron chi connectivity index (χ2n) is 4.42. The van der Waals surface area contributed by atoms with Gasteiger partial charge in [-0.2, -0.15) is 0 Å². The Labute approximate surface area is 109 Å². The van der Waals surface area contributed by atoms with Crippen LogP contribution in [0.15, 0.2) is 24.3 Å². The molecule has 1 aromatic carbocycles. The van der Waals surface area contributed by atoms with Crippen molar-refractivity contribution < 1.29 is 9.53 Å². The molecule has 3 nitrogen and oxygen atoms in total. The van der Waals surface area contributed by atoms with Crippen LogP contribution in [-0.2, 0) is 9.53 Å². The molecule has 0 aliphatic rings. The molecule has 3 heteroatoms. The molecule has 0 heterocycles. The van der Waals surface area contributed by atoms with Crippen molar-refractivity contribution >= 4 is 17.2 Å². The number of allylic oxidation sites excluding steroid dienone is 1. The Morgan fingerprint density at radius 3 is 2.78 bits per heavy atom. The number of nitrogen functional groups attached to an aromatic ring is 1. The third-order valence-electron chi connectivity index (χ3n) is 2.75. The molecule has 1 rings (SSSR count). The third-order valence-corrected chi connectivity index (χ3v) is 2.75. The molecular formula is C15H21NO2. The van der Waals surface area contributed by atoms with Crippen LogP contribution in [0, 0.1) is 6.92 Å². The quantitative estimate of drug-likeness (QED) is 0.376. The third kappa shape index (κ3) is 4.24. The summed E-state index contributed by atoms with van der Waals surface area (Å²) < 4.78 is 5.10. The van der Waals surface area contributed by atoms with Gasteiger partial charge in [-0.05, 0) is 49.1 Å². The lowest BCUT2D eigenvalue weighted by Crippen LogP contribution is -2.03. The van der Waals surface area contributed by atoms with Crippen molar-refractivity contribution in [1.82, 2.24) is 0 Å². The number of carbonyl (C=O) groups is 1. The van der Waals surface area contributed by atoms with Crippen LogP contribution in [0.25, 0.3) is 5.57 Å². The van der Waals surface area contributed by atoms with Gasteiger partial charge in [-0.25, -0.2) is 4.79 Å². The summed E-state index contributed by atoms with van der Waals surface area (Å²) in [5.74, 6) is -0.280. The van der Waals surface area contributed by atoms with Gasteiger partial charge in [0.25, 0.3) is 0 Å². The number of anilines is 1. The molecule has 0 atom stereocenters. The molecule has 0 radical (unpaired) electrons. The molecule has 0 aliphatic carbocycles. The SMILES string of the molecule is CCCCOC(=O)/C=C(\C)c1ccc(N)cc1C. The zero-order valence-corrected chi connectivity index (χ0v) is 11.3.